The molecule has 0 amide bonds. The van der Waals surface area contributed by atoms with Gasteiger partial charge in [-0.25, -0.2) is 19.9 Å². The van der Waals surface area contributed by atoms with Gasteiger partial charge in [0.1, 0.15) is 35.1 Å². The fourth-order valence-corrected chi connectivity index (χ4v) is 7.84. The zero-order valence-electron chi connectivity index (χ0n) is 30.5. The summed E-state index contributed by atoms with van der Waals surface area (Å²) in [6.07, 6.45) is 10.2. The highest BCUT2D eigenvalue weighted by molar-refractivity contribution is 7.19. The fraction of sp³-hybridized carbons (Fsp3) is 0.0909. The molecule has 0 radical (unpaired) electrons. The zero-order chi connectivity index (χ0) is 39.5. The number of hydrogen-bond donors (Lipinski definition) is 0. The molecular weight excluding hydrogens is 765 g/mol. The van der Waals surface area contributed by atoms with Crippen LogP contribution in [0.1, 0.15) is 44.4 Å². The molecule has 9 rings (SSSR count). The molecule has 6 heterocycles. The lowest BCUT2D eigenvalue weighted by Gasteiger charge is -2.09. The standard InChI is InChI=1S/C25H17N5OS.C19H13N5OS/c26-14-20(24-29-22-5-1-2-6-23(22)32-24)21-11-13-28-25(30-21)31-16-17-7-9-18(10-8-17)19-4-3-12-27-15-19;20-11-14(18-23-16-3-1-2-4-17(16)26-18)15-7-10-22-19(24-15)25-12-13-5-8-21-9-6-13/h1-13,15,20H,16H2;1-10,14H,12H2. The largest absolute Gasteiger partial charge is 0.459 e. The summed E-state index contributed by atoms with van der Waals surface area (Å²) in [5, 5.41) is 20.9. The van der Waals surface area contributed by atoms with Crippen molar-refractivity contribution < 1.29 is 9.47 Å². The second-order valence-corrected chi connectivity index (χ2v) is 14.7. The van der Waals surface area contributed by atoms with Crippen LogP contribution in [0.3, 0.4) is 0 Å². The second kappa shape index (κ2) is 18.0. The minimum Gasteiger partial charge on any atom is -0.459 e. The third-order valence-corrected chi connectivity index (χ3v) is 10.9. The predicted octanol–water partition coefficient (Wildman–Crippen LogP) is 9.10. The molecule has 0 fully saturated rings. The van der Waals surface area contributed by atoms with Crippen LogP contribution in [-0.4, -0.2) is 39.9 Å². The van der Waals surface area contributed by atoms with E-state index in [4.69, 9.17) is 9.47 Å². The van der Waals surface area contributed by atoms with Crippen LogP contribution in [0, 0.1) is 22.7 Å². The lowest BCUT2D eigenvalue weighted by molar-refractivity contribution is 0.279. The number of ether oxygens (including phenoxy) is 2. The highest BCUT2D eigenvalue weighted by atomic mass is 32.1. The van der Waals surface area contributed by atoms with Gasteiger partial charge in [-0.15, -0.1) is 22.7 Å². The van der Waals surface area contributed by atoms with E-state index in [1.807, 2.05) is 103 Å². The smallest absolute Gasteiger partial charge is 0.316 e. The molecule has 12 nitrogen and oxygen atoms in total. The van der Waals surface area contributed by atoms with E-state index in [0.29, 0.717) is 34.6 Å². The zero-order valence-corrected chi connectivity index (χ0v) is 32.2. The molecular formula is C44H30N10O2S2. The van der Waals surface area contributed by atoms with Crippen LogP contribution in [-0.2, 0) is 13.2 Å². The van der Waals surface area contributed by atoms with E-state index in [1.165, 1.54) is 22.7 Å². The third-order valence-electron chi connectivity index (χ3n) is 8.71. The lowest BCUT2D eigenvalue weighted by Crippen LogP contribution is -2.05. The Kier molecular flexibility index (Phi) is 11.6. The van der Waals surface area contributed by atoms with Crippen LogP contribution in [0.15, 0.2) is 146 Å². The van der Waals surface area contributed by atoms with Crippen molar-refractivity contribution in [2.75, 3.05) is 0 Å². The number of para-hydroxylation sites is 2. The normalized spacial score (nSPS) is 11.8. The van der Waals surface area contributed by atoms with Crippen molar-refractivity contribution in [1.82, 2.24) is 39.9 Å². The SMILES string of the molecule is N#CC(c1ccnc(OCc2ccc(-c3cccnc3)cc2)n1)c1nc2ccccc2s1.N#CC(c1ccnc(OCc2ccncc2)n1)c1nc2ccccc2s1. The molecule has 0 aliphatic rings. The molecule has 2 atom stereocenters. The first-order valence-corrected chi connectivity index (χ1v) is 19.6. The van der Waals surface area contributed by atoms with E-state index in [9.17, 15) is 10.5 Å². The highest BCUT2D eigenvalue weighted by Gasteiger charge is 2.22. The number of fused-ring (bicyclic) bond motifs is 2. The number of pyridine rings is 2. The van der Waals surface area contributed by atoms with E-state index in [-0.39, 0.29) is 12.0 Å². The Morgan fingerprint density at radius 2 is 1.03 bits per heavy atom. The molecule has 6 aromatic heterocycles. The summed E-state index contributed by atoms with van der Waals surface area (Å²) >= 11 is 3.00. The minimum absolute atomic E-state index is 0.236. The van der Waals surface area contributed by atoms with Gasteiger partial charge in [-0.1, -0.05) is 54.6 Å². The van der Waals surface area contributed by atoms with Gasteiger partial charge in [0, 0.05) is 37.2 Å². The van der Waals surface area contributed by atoms with Crippen molar-refractivity contribution in [2.45, 2.75) is 25.0 Å². The summed E-state index contributed by atoms with van der Waals surface area (Å²) in [5.74, 6) is -1.13. The first kappa shape index (κ1) is 37.4. The Hall–Kier alpha value is -7.52. The molecule has 0 aliphatic carbocycles. The number of aromatic nitrogens is 8. The average molecular weight is 795 g/mol. The molecule has 0 bridgehead atoms. The molecule has 0 spiro atoms. The number of nitriles is 2. The molecule has 2 unspecified atom stereocenters. The van der Waals surface area contributed by atoms with Gasteiger partial charge < -0.3 is 9.47 Å². The monoisotopic (exact) mass is 794 g/mol. The number of benzene rings is 3. The number of hydrogen-bond acceptors (Lipinski definition) is 14. The van der Waals surface area contributed by atoms with Crippen LogP contribution < -0.4 is 9.47 Å². The maximum Gasteiger partial charge on any atom is 0.316 e. The van der Waals surface area contributed by atoms with Crippen molar-refractivity contribution in [3.63, 3.8) is 0 Å². The lowest BCUT2D eigenvalue weighted by atomic mass is 10.1. The van der Waals surface area contributed by atoms with Gasteiger partial charge in [0.05, 0.1) is 44.0 Å². The van der Waals surface area contributed by atoms with Crippen molar-refractivity contribution in [2.24, 2.45) is 0 Å². The second-order valence-electron chi connectivity index (χ2n) is 12.6. The Bertz CT molecular complexity index is 2790. The first-order chi connectivity index (χ1) is 28.6. The van der Waals surface area contributed by atoms with E-state index in [0.717, 1.165) is 42.7 Å². The number of rotatable bonds is 11. The van der Waals surface area contributed by atoms with Gasteiger partial charge in [-0.05, 0) is 76.9 Å². The summed E-state index contributed by atoms with van der Waals surface area (Å²) in [6, 6.07) is 39.9. The van der Waals surface area contributed by atoms with Crippen LogP contribution in [0.5, 0.6) is 12.0 Å². The molecule has 0 aliphatic heterocycles. The first-order valence-electron chi connectivity index (χ1n) is 17.9. The summed E-state index contributed by atoms with van der Waals surface area (Å²) < 4.78 is 13.5. The molecule has 58 heavy (non-hydrogen) atoms. The molecule has 0 saturated heterocycles. The van der Waals surface area contributed by atoms with Crippen molar-refractivity contribution in [3.8, 4) is 35.3 Å². The van der Waals surface area contributed by atoms with E-state index >= 15 is 0 Å². The molecule has 9 aromatic rings. The van der Waals surface area contributed by atoms with E-state index < -0.39 is 11.8 Å². The van der Waals surface area contributed by atoms with Gasteiger partial charge in [-0.3, -0.25) is 9.97 Å². The molecule has 0 saturated carbocycles. The Balaban J connectivity index is 0.000000165. The summed E-state index contributed by atoms with van der Waals surface area (Å²) in [7, 11) is 0. The average Bonchev–Trinajstić information content (AvgIpc) is 3.92. The van der Waals surface area contributed by atoms with Crippen LogP contribution in [0.4, 0.5) is 0 Å². The van der Waals surface area contributed by atoms with Crippen molar-refractivity contribution >= 4 is 43.1 Å². The highest BCUT2D eigenvalue weighted by Crippen LogP contribution is 2.32. The Morgan fingerprint density at radius 3 is 1.53 bits per heavy atom. The quantitative estimate of drug-likeness (QED) is 0.122. The minimum atomic E-state index is -0.573. The molecule has 14 heteroatoms. The third kappa shape index (κ3) is 8.95. The Morgan fingerprint density at radius 1 is 0.500 bits per heavy atom. The summed E-state index contributed by atoms with van der Waals surface area (Å²) in [5.41, 5.74) is 7.03. The van der Waals surface area contributed by atoms with Gasteiger partial charge in [-0.2, -0.15) is 20.5 Å². The maximum absolute atomic E-state index is 9.79. The van der Waals surface area contributed by atoms with Crippen molar-refractivity contribution in [1.29, 1.82) is 10.5 Å². The predicted molar refractivity (Wildman–Crippen MR) is 221 cm³/mol. The van der Waals surface area contributed by atoms with E-state index in [2.05, 4.69) is 52.0 Å². The number of thiazole rings is 2. The fourth-order valence-electron chi connectivity index (χ4n) is 5.79. The van der Waals surface area contributed by atoms with Crippen LogP contribution in [0.25, 0.3) is 31.6 Å². The number of nitrogens with zero attached hydrogens (tertiary/aromatic N) is 10. The van der Waals surface area contributed by atoms with Gasteiger partial charge >= 0.3 is 12.0 Å². The molecule has 280 valence electrons. The van der Waals surface area contributed by atoms with E-state index in [1.54, 1.807) is 43.1 Å². The maximum atomic E-state index is 9.79. The van der Waals surface area contributed by atoms with Gasteiger partial charge in [0.2, 0.25) is 0 Å². The molecule has 0 N–H and O–H groups in total. The van der Waals surface area contributed by atoms with Crippen LogP contribution in [0.2, 0.25) is 0 Å². The van der Waals surface area contributed by atoms with Crippen LogP contribution >= 0.6 is 22.7 Å². The summed E-state index contributed by atoms with van der Waals surface area (Å²) in [4.78, 5) is 34.5. The molecule has 3 aromatic carbocycles. The van der Waals surface area contributed by atoms with Gasteiger partial charge in [0.15, 0.2) is 0 Å². The summed E-state index contributed by atoms with van der Waals surface area (Å²) in [6.45, 7) is 0.666. The Labute approximate surface area is 340 Å². The van der Waals surface area contributed by atoms with Crippen molar-refractivity contribution in [3.05, 3.63) is 179 Å². The van der Waals surface area contributed by atoms with Gasteiger partial charge in [0.25, 0.3) is 0 Å². The topological polar surface area (TPSA) is 169 Å².